The van der Waals surface area contributed by atoms with Crippen molar-refractivity contribution in [3.63, 3.8) is 0 Å². The van der Waals surface area contributed by atoms with Crippen molar-refractivity contribution < 1.29 is 29.0 Å². The molecular formula is C28H37N3O6. The van der Waals surface area contributed by atoms with E-state index in [1.165, 1.54) is 4.90 Å². The maximum absolute atomic E-state index is 13.6. The molecule has 0 aliphatic carbocycles. The first-order valence-corrected chi connectivity index (χ1v) is 12.4. The maximum Gasteiger partial charge on any atom is 0.408 e. The van der Waals surface area contributed by atoms with Crippen LogP contribution >= 0.6 is 0 Å². The summed E-state index contributed by atoms with van der Waals surface area (Å²) in [6.07, 6.45) is -1.16. The number of aromatic nitrogens is 1. The SMILES string of the molecule is Cc1cc(OC2CC(C(=O)O)N(C(=O)C(NC(=O)OC(C)(C)C)C(C)(C)C)C2)cc(-c2ccccc2)n1. The van der Waals surface area contributed by atoms with Crippen LogP contribution in [0.4, 0.5) is 4.79 Å². The molecule has 1 aliphatic heterocycles. The lowest BCUT2D eigenvalue weighted by molar-refractivity contribution is -0.150. The number of nitrogens with one attached hydrogen (secondary N) is 1. The molecule has 3 unspecified atom stereocenters. The topological polar surface area (TPSA) is 118 Å². The molecule has 200 valence electrons. The van der Waals surface area contributed by atoms with E-state index >= 15 is 0 Å². The number of amides is 2. The summed E-state index contributed by atoms with van der Waals surface area (Å²) in [5, 5.41) is 12.6. The second-order valence-electron chi connectivity index (χ2n) is 11.5. The van der Waals surface area contributed by atoms with Gasteiger partial charge in [-0.25, -0.2) is 9.59 Å². The van der Waals surface area contributed by atoms with Gasteiger partial charge in [-0.3, -0.25) is 9.78 Å². The van der Waals surface area contributed by atoms with Crippen molar-refractivity contribution in [3.05, 3.63) is 48.2 Å². The molecule has 1 saturated heterocycles. The van der Waals surface area contributed by atoms with Crippen LogP contribution in [0, 0.1) is 12.3 Å². The van der Waals surface area contributed by atoms with Crippen LogP contribution in [0.1, 0.15) is 53.7 Å². The number of aliphatic carboxylic acids is 1. The number of carbonyl (C=O) groups is 3. The number of likely N-dealkylation sites (tertiary alicyclic amines) is 1. The fourth-order valence-electron chi connectivity index (χ4n) is 4.25. The second-order valence-corrected chi connectivity index (χ2v) is 11.5. The lowest BCUT2D eigenvalue weighted by Gasteiger charge is -2.35. The summed E-state index contributed by atoms with van der Waals surface area (Å²) < 4.78 is 11.5. The molecule has 2 amide bonds. The molecule has 3 rings (SSSR count). The molecule has 3 atom stereocenters. The third-order valence-electron chi connectivity index (χ3n) is 5.90. The number of ether oxygens (including phenoxy) is 2. The number of carboxylic acid groups (broad SMARTS) is 1. The van der Waals surface area contributed by atoms with Gasteiger partial charge in [0.15, 0.2) is 0 Å². The highest BCUT2D eigenvalue weighted by Crippen LogP contribution is 2.30. The molecule has 2 N–H and O–H groups in total. The monoisotopic (exact) mass is 511 g/mol. The zero-order chi connectivity index (χ0) is 27.5. The van der Waals surface area contributed by atoms with Crippen LogP contribution in [0.2, 0.25) is 0 Å². The molecule has 1 fully saturated rings. The van der Waals surface area contributed by atoms with Crippen LogP contribution in [0.3, 0.4) is 0 Å². The lowest BCUT2D eigenvalue weighted by atomic mass is 9.85. The molecule has 0 radical (unpaired) electrons. The van der Waals surface area contributed by atoms with Crippen molar-refractivity contribution in [2.45, 2.75) is 78.7 Å². The summed E-state index contributed by atoms with van der Waals surface area (Å²) in [7, 11) is 0. The van der Waals surface area contributed by atoms with Gasteiger partial charge in [0.1, 0.15) is 29.5 Å². The molecule has 0 saturated carbocycles. The third kappa shape index (κ3) is 7.44. The number of rotatable bonds is 6. The van der Waals surface area contributed by atoms with Crippen molar-refractivity contribution in [2.24, 2.45) is 5.41 Å². The Labute approximate surface area is 218 Å². The van der Waals surface area contributed by atoms with E-state index in [1.54, 1.807) is 47.6 Å². The van der Waals surface area contributed by atoms with E-state index < -0.39 is 47.2 Å². The molecule has 37 heavy (non-hydrogen) atoms. The number of aryl methyl sites for hydroxylation is 1. The minimum absolute atomic E-state index is 0.0699. The lowest BCUT2D eigenvalue weighted by Crippen LogP contribution is -2.57. The van der Waals surface area contributed by atoms with Crippen molar-refractivity contribution >= 4 is 18.0 Å². The van der Waals surface area contributed by atoms with Gasteiger partial charge >= 0.3 is 12.1 Å². The summed E-state index contributed by atoms with van der Waals surface area (Å²) in [5.41, 5.74) is 0.997. The summed E-state index contributed by atoms with van der Waals surface area (Å²) in [6, 6.07) is 11.2. The highest BCUT2D eigenvalue weighted by atomic mass is 16.6. The predicted octanol–water partition coefficient (Wildman–Crippen LogP) is 4.43. The number of pyridine rings is 1. The predicted molar refractivity (Wildman–Crippen MR) is 139 cm³/mol. The maximum atomic E-state index is 13.6. The van der Waals surface area contributed by atoms with Gasteiger partial charge in [-0.05, 0) is 33.1 Å². The molecule has 0 spiro atoms. The van der Waals surface area contributed by atoms with Crippen LogP contribution in [-0.4, -0.2) is 63.3 Å². The Bertz CT molecular complexity index is 1140. The minimum Gasteiger partial charge on any atom is -0.488 e. The van der Waals surface area contributed by atoms with E-state index in [9.17, 15) is 19.5 Å². The van der Waals surface area contributed by atoms with Gasteiger partial charge in [0, 0.05) is 29.8 Å². The van der Waals surface area contributed by atoms with Crippen LogP contribution < -0.4 is 10.1 Å². The van der Waals surface area contributed by atoms with Crippen molar-refractivity contribution in [3.8, 4) is 17.0 Å². The summed E-state index contributed by atoms with van der Waals surface area (Å²) in [6.45, 7) is 12.5. The fourth-order valence-corrected chi connectivity index (χ4v) is 4.25. The highest BCUT2D eigenvalue weighted by Gasteiger charge is 2.46. The number of hydrogen-bond donors (Lipinski definition) is 2. The average Bonchev–Trinajstić information content (AvgIpc) is 3.19. The van der Waals surface area contributed by atoms with Gasteiger partial charge in [0.05, 0.1) is 12.2 Å². The van der Waals surface area contributed by atoms with Crippen molar-refractivity contribution in [1.82, 2.24) is 15.2 Å². The van der Waals surface area contributed by atoms with Gasteiger partial charge < -0.3 is 24.8 Å². The Balaban J connectivity index is 1.81. The molecular weight excluding hydrogens is 474 g/mol. The number of hydrogen-bond acceptors (Lipinski definition) is 6. The Morgan fingerprint density at radius 2 is 1.73 bits per heavy atom. The van der Waals surface area contributed by atoms with E-state index in [0.29, 0.717) is 5.75 Å². The van der Waals surface area contributed by atoms with Crippen molar-refractivity contribution in [2.75, 3.05) is 6.54 Å². The molecule has 2 aromatic rings. The Hall–Kier alpha value is -3.62. The van der Waals surface area contributed by atoms with Crippen LogP contribution in [0.25, 0.3) is 11.3 Å². The van der Waals surface area contributed by atoms with Gasteiger partial charge in [-0.2, -0.15) is 0 Å². The zero-order valence-corrected chi connectivity index (χ0v) is 22.6. The average molecular weight is 512 g/mol. The van der Waals surface area contributed by atoms with E-state index in [-0.39, 0.29) is 13.0 Å². The normalized spacial score (nSPS) is 18.7. The van der Waals surface area contributed by atoms with E-state index in [0.717, 1.165) is 17.0 Å². The summed E-state index contributed by atoms with van der Waals surface area (Å²) in [5.74, 6) is -1.07. The first kappa shape index (κ1) is 28.0. The second kappa shape index (κ2) is 10.8. The Morgan fingerprint density at radius 3 is 2.30 bits per heavy atom. The fraction of sp³-hybridized carbons (Fsp3) is 0.500. The molecule has 1 aromatic carbocycles. The zero-order valence-electron chi connectivity index (χ0n) is 22.6. The van der Waals surface area contributed by atoms with E-state index in [4.69, 9.17) is 9.47 Å². The molecule has 1 aromatic heterocycles. The Kier molecular flexibility index (Phi) is 8.15. The number of carboxylic acids is 1. The minimum atomic E-state index is -1.12. The number of alkyl carbamates (subject to hydrolysis) is 1. The molecule has 0 bridgehead atoms. The molecule has 9 heteroatoms. The third-order valence-corrected chi connectivity index (χ3v) is 5.90. The molecule has 1 aliphatic rings. The molecule has 2 heterocycles. The van der Waals surface area contributed by atoms with Gasteiger partial charge in [0.2, 0.25) is 5.91 Å². The van der Waals surface area contributed by atoms with Gasteiger partial charge in [0.25, 0.3) is 0 Å². The molecule has 9 nitrogen and oxygen atoms in total. The number of carbonyl (C=O) groups excluding carboxylic acids is 2. The van der Waals surface area contributed by atoms with Crippen LogP contribution in [-0.2, 0) is 14.3 Å². The summed E-state index contributed by atoms with van der Waals surface area (Å²) >= 11 is 0. The standard InChI is InChI=1S/C28H37N3O6/c1-17-13-19(14-21(29-17)18-11-9-8-10-12-18)36-20-15-22(25(33)34)31(16-20)24(32)23(27(2,3)4)30-26(35)37-28(5,6)7/h8-14,20,22-23H,15-16H2,1-7H3,(H,30,35)(H,33,34). The van der Waals surface area contributed by atoms with Crippen LogP contribution in [0.5, 0.6) is 5.75 Å². The van der Waals surface area contributed by atoms with E-state index in [1.807, 2.05) is 43.3 Å². The smallest absolute Gasteiger partial charge is 0.408 e. The van der Waals surface area contributed by atoms with Gasteiger partial charge in [-0.15, -0.1) is 0 Å². The first-order chi connectivity index (χ1) is 17.1. The summed E-state index contributed by atoms with van der Waals surface area (Å²) in [4.78, 5) is 44.1. The number of nitrogens with zero attached hydrogens (tertiary/aromatic N) is 2. The first-order valence-electron chi connectivity index (χ1n) is 12.4. The van der Waals surface area contributed by atoms with Gasteiger partial charge in [-0.1, -0.05) is 51.1 Å². The van der Waals surface area contributed by atoms with Crippen LogP contribution in [0.15, 0.2) is 42.5 Å². The van der Waals surface area contributed by atoms with Crippen molar-refractivity contribution in [1.29, 1.82) is 0 Å². The Morgan fingerprint density at radius 1 is 1.08 bits per heavy atom. The highest BCUT2D eigenvalue weighted by molar-refractivity contribution is 5.90. The number of benzene rings is 1. The van der Waals surface area contributed by atoms with E-state index in [2.05, 4.69) is 10.3 Å². The largest absolute Gasteiger partial charge is 0.488 e. The quantitative estimate of drug-likeness (QED) is 0.589.